The van der Waals surface area contributed by atoms with Crippen molar-refractivity contribution in [3.8, 4) is 44.5 Å². The molecular formula is C60H45NSi. The summed E-state index contributed by atoms with van der Waals surface area (Å²) in [5.41, 5.74) is 12.7. The zero-order valence-electron chi connectivity index (χ0n) is 34.4. The van der Waals surface area contributed by atoms with Crippen molar-refractivity contribution < 1.29 is 0 Å². The summed E-state index contributed by atoms with van der Waals surface area (Å²) < 4.78 is 0. The van der Waals surface area contributed by atoms with E-state index in [9.17, 15) is 0 Å². The average Bonchev–Trinajstić information content (AvgIpc) is 3.37. The number of benzene rings is 10. The second-order valence-corrected chi connectivity index (χ2v) is 19.5. The van der Waals surface area contributed by atoms with E-state index in [1.807, 2.05) is 0 Å². The number of para-hydroxylation sites is 1. The van der Waals surface area contributed by atoms with Crippen molar-refractivity contribution in [3.63, 3.8) is 0 Å². The summed E-state index contributed by atoms with van der Waals surface area (Å²) in [7, 11) is -2.62. The summed E-state index contributed by atoms with van der Waals surface area (Å²) in [6, 6.07) is 99.7. The molecule has 10 aromatic rings. The van der Waals surface area contributed by atoms with Crippen molar-refractivity contribution >= 4 is 45.9 Å². The van der Waals surface area contributed by atoms with Crippen molar-refractivity contribution in [1.82, 2.24) is 0 Å². The molecule has 0 atom stereocenters. The van der Waals surface area contributed by atoms with Crippen LogP contribution < -0.4 is 25.6 Å². The van der Waals surface area contributed by atoms with Crippen LogP contribution in [0.4, 0.5) is 17.1 Å². The van der Waals surface area contributed by atoms with Crippen LogP contribution >= 0.6 is 0 Å². The van der Waals surface area contributed by atoms with Gasteiger partial charge in [-0.15, -0.1) is 0 Å². The van der Waals surface area contributed by atoms with E-state index in [0.717, 1.165) is 17.1 Å². The standard InChI is InChI=1S/C60H45NSi/c1-7-20-46(21-8-1)47-34-40-52(41-35-47)61(60-58(50-22-9-2-10-23-50)32-19-33-59(60)51-24-11-3-12-25-51)53-42-36-48(37-43-53)49-38-44-57(45-39-49)62(54-26-13-4-14-27-54,55-28-15-5-16-29-55)56-30-17-6-18-31-56/h1-45H. The molecule has 0 aromatic heterocycles. The zero-order chi connectivity index (χ0) is 41.6. The van der Waals surface area contributed by atoms with Gasteiger partial charge in [-0.3, -0.25) is 0 Å². The van der Waals surface area contributed by atoms with Gasteiger partial charge in [0, 0.05) is 22.5 Å². The lowest BCUT2D eigenvalue weighted by Crippen LogP contribution is -2.74. The Morgan fingerprint density at radius 1 is 0.210 bits per heavy atom. The number of nitrogens with zero attached hydrogens (tertiary/aromatic N) is 1. The fourth-order valence-electron chi connectivity index (χ4n) is 9.11. The third kappa shape index (κ3) is 7.38. The van der Waals surface area contributed by atoms with Crippen LogP contribution in [0.25, 0.3) is 44.5 Å². The molecule has 10 aromatic carbocycles. The number of hydrogen-bond acceptors (Lipinski definition) is 1. The Hall–Kier alpha value is -7.78. The average molecular weight is 808 g/mol. The van der Waals surface area contributed by atoms with Crippen molar-refractivity contribution in [2.75, 3.05) is 4.90 Å². The second kappa shape index (κ2) is 17.4. The molecule has 2 heteroatoms. The lowest BCUT2D eigenvalue weighted by molar-refractivity contribution is 1.28. The summed E-state index contributed by atoms with van der Waals surface area (Å²) >= 11 is 0. The maximum Gasteiger partial charge on any atom is 0.179 e. The third-order valence-electron chi connectivity index (χ3n) is 12.1. The molecule has 0 heterocycles. The molecule has 294 valence electrons. The van der Waals surface area contributed by atoms with E-state index in [-0.39, 0.29) is 0 Å². The Kier molecular flexibility index (Phi) is 10.8. The van der Waals surface area contributed by atoms with Gasteiger partial charge in [0.2, 0.25) is 0 Å². The minimum absolute atomic E-state index is 1.09. The Balaban J connectivity index is 1.10. The molecule has 0 aliphatic carbocycles. The van der Waals surface area contributed by atoms with Crippen LogP contribution in [0, 0.1) is 0 Å². The molecule has 1 nitrogen and oxygen atoms in total. The van der Waals surface area contributed by atoms with E-state index in [1.165, 1.54) is 65.3 Å². The predicted molar refractivity (Wildman–Crippen MR) is 266 cm³/mol. The minimum atomic E-state index is -2.62. The predicted octanol–water partition coefficient (Wildman–Crippen LogP) is 13.2. The first kappa shape index (κ1) is 38.4. The van der Waals surface area contributed by atoms with Gasteiger partial charge in [0.1, 0.15) is 0 Å². The Bertz CT molecular complexity index is 2840. The summed E-state index contributed by atoms with van der Waals surface area (Å²) in [5.74, 6) is 0. The van der Waals surface area contributed by atoms with Crippen LogP contribution in [0.15, 0.2) is 273 Å². The molecule has 10 rings (SSSR count). The van der Waals surface area contributed by atoms with Gasteiger partial charge >= 0.3 is 0 Å². The molecule has 0 amide bonds. The van der Waals surface area contributed by atoms with Gasteiger partial charge in [-0.2, -0.15) is 0 Å². The van der Waals surface area contributed by atoms with Gasteiger partial charge in [-0.1, -0.05) is 249 Å². The molecule has 0 aliphatic rings. The molecule has 0 saturated heterocycles. The van der Waals surface area contributed by atoms with Crippen LogP contribution in [0.2, 0.25) is 0 Å². The number of hydrogen-bond donors (Lipinski definition) is 0. The molecule has 0 fully saturated rings. The highest BCUT2D eigenvalue weighted by molar-refractivity contribution is 7.19. The van der Waals surface area contributed by atoms with Crippen molar-refractivity contribution in [1.29, 1.82) is 0 Å². The van der Waals surface area contributed by atoms with Gasteiger partial charge in [0.05, 0.1) is 5.69 Å². The summed E-state index contributed by atoms with van der Waals surface area (Å²) in [6.45, 7) is 0. The largest absolute Gasteiger partial charge is 0.309 e. The Morgan fingerprint density at radius 2 is 0.484 bits per heavy atom. The lowest BCUT2D eigenvalue weighted by Gasteiger charge is -2.34. The maximum absolute atomic E-state index is 2.62. The van der Waals surface area contributed by atoms with Crippen LogP contribution in [0.5, 0.6) is 0 Å². The molecule has 0 aliphatic heterocycles. The summed E-state index contributed by atoms with van der Waals surface area (Å²) in [4.78, 5) is 2.44. The quantitative estimate of drug-likeness (QED) is 0.0929. The van der Waals surface area contributed by atoms with E-state index in [1.54, 1.807) is 0 Å². The van der Waals surface area contributed by atoms with Crippen LogP contribution in [-0.2, 0) is 0 Å². The van der Waals surface area contributed by atoms with E-state index < -0.39 is 8.07 Å². The fraction of sp³-hybridized carbons (Fsp3) is 0. The van der Waals surface area contributed by atoms with Gasteiger partial charge < -0.3 is 4.90 Å². The Labute approximate surface area is 366 Å². The fourth-order valence-corrected chi connectivity index (χ4v) is 13.9. The molecule has 0 saturated carbocycles. The van der Waals surface area contributed by atoms with Crippen LogP contribution in [-0.4, -0.2) is 8.07 Å². The van der Waals surface area contributed by atoms with Crippen molar-refractivity contribution in [2.45, 2.75) is 0 Å². The molecular weight excluding hydrogens is 763 g/mol. The summed E-state index contributed by atoms with van der Waals surface area (Å²) in [5, 5.41) is 5.48. The highest BCUT2D eigenvalue weighted by Crippen LogP contribution is 2.47. The molecule has 0 spiro atoms. The first-order chi connectivity index (χ1) is 30.8. The van der Waals surface area contributed by atoms with E-state index in [0.29, 0.717) is 0 Å². The van der Waals surface area contributed by atoms with Gasteiger partial charge in [-0.25, -0.2) is 0 Å². The normalized spacial score (nSPS) is 11.2. The third-order valence-corrected chi connectivity index (χ3v) is 16.9. The van der Waals surface area contributed by atoms with E-state index >= 15 is 0 Å². The van der Waals surface area contributed by atoms with E-state index in [2.05, 4.69) is 278 Å². The number of anilines is 3. The van der Waals surface area contributed by atoms with Gasteiger partial charge in [0.15, 0.2) is 8.07 Å². The summed E-state index contributed by atoms with van der Waals surface area (Å²) in [6.07, 6.45) is 0. The topological polar surface area (TPSA) is 3.24 Å². The van der Waals surface area contributed by atoms with Crippen LogP contribution in [0.3, 0.4) is 0 Å². The minimum Gasteiger partial charge on any atom is -0.309 e. The zero-order valence-corrected chi connectivity index (χ0v) is 35.4. The molecule has 0 N–H and O–H groups in total. The maximum atomic E-state index is 2.44. The van der Waals surface area contributed by atoms with Crippen LogP contribution in [0.1, 0.15) is 0 Å². The van der Waals surface area contributed by atoms with Gasteiger partial charge in [-0.05, 0) is 78.4 Å². The highest BCUT2D eigenvalue weighted by atomic mass is 28.3. The molecule has 0 radical (unpaired) electrons. The van der Waals surface area contributed by atoms with Crippen molar-refractivity contribution in [3.05, 3.63) is 273 Å². The SMILES string of the molecule is c1ccc(-c2ccc(N(c3ccc(-c4ccc([Si](c5ccccc5)(c5ccccc5)c5ccccc5)cc4)cc3)c3c(-c4ccccc4)cccc3-c3ccccc3)cc2)cc1. The smallest absolute Gasteiger partial charge is 0.179 e. The van der Waals surface area contributed by atoms with E-state index in [4.69, 9.17) is 0 Å². The first-order valence-electron chi connectivity index (χ1n) is 21.3. The van der Waals surface area contributed by atoms with Gasteiger partial charge in [0.25, 0.3) is 0 Å². The molecule has 0 bridgehead atoms. The second-order valence-electron chi connectivity index (χ2n) is 15.7. The molecule has 62 heavy (non-hydrogen) atoms. The highest BCUT2D eigenvalue weighted by Gasteiger charge is 2.41. The first-order valence-corrected chi connectivity index (χ1v) is 23.3. The lowest BCUT2D eigenvalue weighted by atomic mass is 9.94. The number of rotatable bonds is 11. The van der Waals surface area contributed by atoms with Crippen molar-refractivity contribution in [2.24, 2.45) is 0 Å². The Morgan fingerprint density at radius 3 is 0.839 bits per heavy atom. The monoisotopic (exact) mass is 807 g/mol. The molecule has 0 unspecified atom stereocenters.